The van der Waals surface area contributed by atoms with Crippen LogP contribution in [0.5, 0.6) is 5.75 Å². The third-order valence-electron chi connectivity index (χ3n) is 4.32. The van der Waals surface area contributed by atoms with Crippen LogP contribution in [0.3, 0.4) is 0 Å². The van der Waals surface area contributed by atoms with Crippen molar-refractivity contribution in [2.45, 2.75) is 33.6 Å². The number of carbonyl (C=O) groups excluding carboxylic acids is 1. The van der Waals surface area contributed by atoms with Crippen molar-refractivity contribution in [3.8, 4) is 5.75 Å². The first-order valence-corrected chi connectivity index (χ1v) is 8.33. The number of nitrogens with zero attached hydrogens (tertiary/aromatic N) is 1. The van der Waals surface area contributed by atoms with Gasteiger partial charge in [-0.1, -0.05) is 13.0 Å². The van der Waals surface area contributed by atoms with Gasteiger partial charge in [-0.05, 0) is 49.9 Å². The number of carbonyl (C=O) groups is 1. The number of amides is 1. The molecule has 1 aromatic rings. The largest absolute Gasteiger partial charge is 0.494 e. The van der Waals surface area contributed by atoms with Gasteiger partial charge in [0.2, 0.25) is 5.91 Å². The lowest BCUT2D eigenvalue weighted by Gasteiger charge is -2.29. The summed E-state index contributed by atoms with van der Waals surface area (Å²) in [6, 6.07) is 6.23. The minimum atomic E-state index is 0.0871. The van der Waals surface area contributed by atoms with Crippen LogP contribution in [0, 0.1) is 12.8 Å². The minimum absolute atomic E-state index is 0.0871. The fourth-order valence-electron chi connectivity index (χ4n) is 2.90. The summed E-state index contributed by atoms with van der Waals surface area (Å²) in [4.78, 5) is 14.4. The second kappa shape index (κ2) is 8.18. The summed E-state index contributed by atoms with van der Waals surface area (Å²) in [5.74, 6) is 1.31. The van der Waals surface area contributed by atoms with E-state index in [0.717, 1.165) is 44.8 Å². The molecule has 1 aliphatic heterocycles. The molecule has 1 heterocycles. The lowest BCUT2D eigenvalue weighted by molar-refractivity contribution is -0.135. The molecule has 1 atom stereocenters. The van der Waals surface area contributed by atoms with Crippen molar-refractivity contribution in [2.24, 2.45) is 5.92 Å². The maximum absolute atomic E-state index is 12.4. The molecule has 4 heteroatoms. The molecule has 1 amide bonds. The fourth-order valence-corrected chi connectivity index (χ4v) is 2.90. The van der Waals surface area contributed by atoms with Gasteiger partial charge in [0, 0.05) is 32.1 Å². The van der Waals surface area contributed by atoms with Crippen LogP contribution in [-0.4, -0.2) is 43.6 Å². The van der Waals surface area contributed by atoms with Gasteiger partial charge in [0.15, 0.2) is 0 Å². The SMILES string of the molecule is CCOc1ccc(CCC(C)C(=O)N2CCNCC2)c(C)c1. The van der Waals surface area contributed by atoms with Gasteiger partial charge in [0.05, 0.1) is 6.61 Å². The average molecular weight is 304 g/mol. The van der Waals surface area contributed by atoms with E-state index in [1.54, 1.807) is 0 Å². The zero-order valence-corrected chi connectivity index (χ0v) is 14.0. The Labute approximate surface area is 133 Å². The molecule has 22 heavy (non-hydrogen) atoms. The number of hydrogen-bond acceptors (Lipinski definition) is 3. The maximum atomic E-state index is 12.4. The molecule has 4 nitrogen and oxygen atoms in total. The van der Waals surface area contributed by atoms with E-state index in [2.05, 4.69) is 24.4 Å². The molecule has 1 fully saturated rings. The zero-order chi connectivity index (χ0) is 15.9. The summed E-state index contributed by atoms with van der Waals surface area (Å²) in [5.41, 5.74) is 2.55. The van der Waals surface area contributed by atoms with Crippen LogP contribution < -0.4 is 10.1 Å². The molecule has 122 valence electrons. The highest BCUT2D eigenvalue weighted by atomic mass is 16.5. The summed E-state index contributed by atoms with van der Waals surface area (Å²) in [6.07, 6.45) is 1.84. The molecule has 0 aromatic heterocycles. The van der Waals surface area contributed by atoms with Gasteiger partial charge in [-0.3, -0.25) is 4.79 Å². The van der Waals surface area contributed by atoms with Crippen molar-refractivity contribution >= 4 is 5.91 Å². The topological polar surface area (TPSA) is 41.6 Å². The Morgan fingerprint density at radius 3 is 2.73 bits per heavy atom. The van der Waals surface area contributed by atoms with E-state index < -0.39 is 0 Å². The minimum Gasteiger partial charge on any atom is -0.494 e. The van der Waals surface area contributed by atoms with Crippen LogP contribution in [-0.2, 0) is 11.2 Å². The predicted molar refractivity (Wildman–Crippen MR) is 89.3 cm³/mol. The van der Waals surface area contributed by atoms with E-state index >= 15 is 0 Å². The van der Waals surface area contributed by atoms with Gasteiger partial charge >= 0.3 is 0 Å². The molecule has 0 radical (unpaired) electrons. The molecular formula is C18H28N2O2. The third-order valence-corrected chi connectivity index (χ3v) is 4.32. The number of piperazine rings is 1. The molecule has 1 aliphatic rings. The van der Waals surface area contributed by atoms with E-state index in [-0.39, 0.29) is 5.92 Å². The molecule has 1 N–H and O–H groups in total. The summed E-state index contributed by atoms with van der Waals surface area (Å²) in [5, 5.41) is 3.28. The Morgan fingerprint density at radius 1 is 1.36 bits per heavy atom. The van der Waals surface area contributed by atoms with E-state index in [1.807, 2.05) is 24.8 Å². The number of hydrogen-bond donors (Lipinski definition) is 1. The fraction of sp³-hybridized carbons (Fsp3) is 0.611. The van der Waals surface area contributed by atoms with Gasteiger partial charge in [-0.2, -0.15) is 0 Å². The highest BCUT2D eigenvalue weighted by Crippen LogP contribution is 2.20. The van der Waals surface area contributed by atoms with Crippen molar-refractivity contribution in [1.82, 2.24) is 10.2 Å². The summed E-state index contributed by atoms with van der Waals surface area (Å²) in [6.45, 7) is 10.3. The van der Waals surface area contributed by atoms with Crippen LogP contribution in [0.15, 0.2) is 18.2 Å². The van der Waals surface area contributed by atoms with Crippen molar-refractivity contribution in [3.63, 3.8) is 0 Å². The Balaban J connectivity index is 1.87. The van der Waals surface area contributed by atoms with Crippen molar-refractivity contribution in [1.29, 1.82) is 0 Å². The Bertz CT molecular complexity index is 496. The second-order valence-electron chi connectivity index (χ2n) is 6.04. The standard InChI is InChI=1S/C18H28N2O2/c1-4-22-17-8-7-16(15(3)13-17)6-5-14(2)18(21)20-11-9-19-10-12-20/h7-8,13-14,19H,4-6,9-12H2,1-3H3. The molecule has 1 unspecified atom stereocenters. The van der Waals surface area contributed by atoms with Gasteiger partial charge in [0.25, 0.3) is 0 Å². The lowest BCUT2D eigenvalue weighted by atomic mass is 9.97. The highest BCUT2D eigenvalue weighted by Gasteiger charge is 2.21. The van der Waals surface area contributed by atoms with Gasteiger partial charge in [0.1, 0.15) is 5.75 Å². The number of rotatable bonds is 6. The first-order valence-electron chi connectivity index (χ1n) is 8.33. The monoisotopic (exact) mass is 304 g/mol. The van der Waals surface area contributed by atoms with E-state index in [4.69, 9.17) is 4.74 Å². The first kappa shape index (κ1) is 16.8. The first-order chi connectivity index (χ1) is 10.6. The van der Waals surface area contributed by atoms with E-state index in [9.17, 15) is 4.79 Å². The Morgan fingerprint density at radius 2 is 2.09 bits per heavy atom. The van der Waals surface area contributed by atoms with Crippen LogP contribution in [0.1, 0.15) is 31.4 Å². The quantitative estimate of drug-likeness (QED) is 0.877. The highest BCUT2D eigenvalue weighted by molar-refractivity contribution is 5.78. The van der Waals surface area contributed by atoms with Crippen molar-refractivity contribution < 1.29 is 9.53 Å². The van der Waals surface area contributed by atoms with E-state index in [1.165, 1.54) is 11.1 Å². The van der Waals surface area contributed by atoms with Gasteiger partial charge in [-0.25, -0.2) is 0 Å². The van der Waals surface area contributed by atoms with Crippen molar-refractivity contribution in [3.05, 3.63) is 29.3 Å². The molecule has 0 bridgehead atoms. The Kier molecular flexibility index (Phi) is 6.25. The number of aryl methyl sites for hydroxylation is 2. The maximum Gasteiger partial charge on any atom is 0.225 e. The summed E-state index contributed by atoms with van der Waals surface area (Å²) in [7, 11) is 0. The smallest absolute Gasteiger partial charge is 0.225 e. The molecule has 0 spiro atoms. The van der Waals surface area contributed by atoms with Crippen LogP contribution >= 0.6 is 0 Å². The lowest BCUT2D eigenvalue weighted by Crippen LogP contribution is -2.48. The van der Waals surface area contributed by atoms with Gasteiger partial charge < -0.3 is 15.0 Å². The average Bonchev–Trinajstić information content (AvgIpc) is 2.54. The Hall–Kier alpha value is -1.55. The molecule has 1 saturated heterocycles. The molecule has 2 rings (SSSR count). The van der Waals surface area contributed by atoms with Crippen LogP contribution in [0.2, 0.25) is 0 Å². The van der Waals surface area contributed by atoms with E-state index in [0.29, 0.717) is 12.5 Å². The van der Waals surface area contributed by atoms with Gasteiger partial charge in [-0.15, -0.1) is 0 Å². The normalized spacial score (nSPS) is 16.4. The predicted octanol–water partition coefficient (Wildman–Crippen LogP) is 2.39. The third kappa shape index (κ3) is 4.47. The second-order valence-corrected chi connectivity index (χ2v) is 6.04. The molecule has 0 saturated carbocycles. The molecular weight excluding hydrogens is 276 g/mol. The summed E-state index contributed by atoms with van der Waals surface area (Å²) < 4.78 is 5.52. The number of nitrogens with one attached hydrogen (secondary N) is 1. The zero-order valence-electron chi connectivity index (χ0n) is 14.0. The van der Waals surface area contributed by atoms with Crippen LogP contribution in [0.25, 0.3) is 0 Å². The molecule has 1 aromatic carbocycles. The molecule has 0 aliphatic carbocycles. The van der Waals surface area contributed by atoms with Crippen LogP contribution in [0.4, 0.5) is 0 Å². The number of ether oxygens (including phenoxy) is 1. The number of benzene rings is 1. The summed E-state index contributed by atoms with van der Waals surface area (Å²) >= 11 is 0. The van der Waals surface area contributed by atoms with Crippen molar-refractivity contribution in [2.75, 3.05) is 32.8 Å².